The normalized spacial score (nSPS) is 14.1. The van der Waals surface area contributed by atoms with Crippen molar-refractivity contribution in [1.82, 2.24) is 10.2 Å². The molecule has 0 aromatic carbocycles. The lowest BCUT2D eigenvalue weighted by molar-refractivity contribution is -0.138. The fourth-order valence-electron chi connectivity index (χ4n) is 0.839. The van der Waals surface area contributed by atoms with Gasteiger partial charge in [-0.15, -0.1) is 0 Å². The molecule has 15 heavy (non-hydrogen) atoms. The molecule has 0 aliphatic heterocycles. The van der Waals surface area contributed by atoms with Crippen LogP contribution in [0.4, 0.5) is 4.79 Å². The number of carbonyl (C=O) groups excluding carboxylic acids is 1. The Kier molecular flexibility index (Phi) is 5.69. The molecule has 2 amide bonds. The number of amides is 2. The second-order valence-electron chi connectivity index (χ2n) is 3.57. The predicted molar refractivity (Wildman–Crippen MR) is 54.6 cm³/mol. The zero-order valence-corrected chi connectivity index (χ0v) is 9.23. The number of carboxylic acid groups (broad SMARTS) is 1. The van der Waals surface area contributed by atoms with Gasteiger partial charge in [-0.1, -0.05) is 0 Å². The number of aliphatic carboxylic acids is 1. The van der Waals surface area contributed by atoms with E-state index in [2.05, 4.69) is 5.32 Å². The average molecular weight is 218 g/mol. The molecule has 0 spiro atoms. The van der Waals surface area contributed by atoms with Crippen LogP contribution in [0.1, 0.15) is 20.3 Å². The van der Waals surface area contributed by atoms with Gasteiger partial charge >= 0.3 is 12.0 Å². The molecule has 0 aliphatic carbocycles. The fourth-order valence-corrected chi connectivity index (χ4v) is 0.839. The standard InChI is InChI=1S/C9H18N2O4/c1-6(12)4-5-11(3)9(15)10-7(2)8(13)14/h6-7,12H,4-5H2,1-3H3,(H,10,15)(H,13,14)/t6?,7-/m1/s1. The highest BCUT2D eigenvalue weighted by atomic mass is 16.4. The quantitative estimate of drug-likeness (QED) is 0.599. The third-order valence-electron chi connectivity index (χ3n) is 1.94. The number of hydrogen-bond donors (Lipinski definition) is 3. The second kappa shape index (κ2) is 6.23. The van der Waals surface area contributed by atoms with Gasteiger partial charge in [-0.25, -0.2) is 4.79 Å². The highest BCUT2D eigenvalue weighted by molar-refractivity contribution is 5.82. The summed E-state index contributed by atoms with van der Waals surface area (Å²) in [6, 6.07) is -1.36. The minimum absolute atomic E-state index is 0.385. The Morgan fingerprint density at radius 1 is 1.40 bits per heavy atom. The SMILES string of the molecule is CC(O)CCN(C)C(=O)N[C@H](C)C(=O)O. The first-order valence-corrected chi connectivity index (χ1v) is 4.77. The van der Waals surface area contributed by atoms with Gasteiger partial charge in [0, 0.05) is 13.6 Å². The third kappa shape index (κ3) is 5.90. The largest absolute Gasteiger partial charge is 0.480 e. The lowest BCUT2D eigenvalue weighted by Crippen LogP contribution is -2.45. The number of aliphatic hydroxyl groups is 1. The summed E-state index contributed by atoms with van der Waals surface area (Å²) in [6.45, 7) is 3.41. The summed E-state index contributed by atoms with van der Waals surface area (Å²) in [6.07, 6.45) is -0.0112. The smallest absolute Gasteiger partial charge is 0.325 e. The molecular weight excluding hydrogens is 200 g/mol. The maximum Gasteiger partial charge on any atom is 0.325 e. The van der Waals surface area contributed by atoms with E-state index in [4.69, 9.17) is 10.2 Å². The van der Waals surface area contributed by atoms with E-state index in [-0.39, 0.29) is 0 Å². The van der Waals surface area contributed by atoms with Gasteiger partial charge in [-0.05, 0) is 20.3 Å². The van der Waals surface area contributed by atoms with E-state index in [0.717, 1.165) is 0 Å². The molecule has 0 aliphatic rings. The van der Waals surface area contributed by atoms with E-state index in [0.29, 0.717) is 13.0 Å². The van der Waals surface area contributed by atoms with Crippen molar-refractivity contribution in [3.05, 3.63) is 0 Å². The summed E-state index contributed by atoms with van der Waals surface area (Å²) >= 11 is 0. The van der Waals surface area contributed by atoms with Crippen LogP contribution in [0.25, 0.3) is 0 Å². The highest BCUT2D eigenvalue weighted by Gasteiger charge is 2.16. The van der Waals surface area contributed by atoms with Crippen LogP contribution in [0.5, 0.6) is 0 Å². The van der Waals surface area contributed by atoms with Crippen LogP contribution in [-0.2, 0) is 4.79 Å². The zero-order valence-electron chi connectivity index (χ0n) is 9.23. The van der Waals surface area contributed by atoms with E-state index < -0.39 is 24.1 Å². The molecule has 3 N–H and O–H groups in total. The molecule has 2 atom stereocenters. The molecular formula is C9H18N2O4. The summed E-state index contributed by atoms with van der Waals surface area (Å²) < 4.78 is 0. The van der Waals surface area contributed by atoms with Crippen molar-refractivity contribution in [3.8, 4) is 0 Å². The summed E-state index contributed by atoms with van der Waals surface area (Å²) in [5, 5.41) is 19.9. The van der Waals surface area contributed by atoms with Gasteiger partial charge < -0.3 is 20.4 Å². The third-order valence-corrected chi connectivity index (χ3v) is 1.94. The molecule has 0 radical (unpaired) electrons. The number of aliphatic hydroxyl groups excluding tert-OH is 1. The number of hydrogen-bond acceptors (Lipinski definition) is 3. The topological polar surface area (TPSA) is 89.9 Å². The highest BCUT2D eigenvalue weighted by Crippen LogP contribution is 1.94. The van der Waals surface area contributed by atoms with Gasteiger partial charge in [0.1, 0.15) is 6.04 Å². The van der Waals surface area contributed by atoms with Gasteiger partial charge in [0.15, 0.2) is 0 Å². The second-order valence-corrected chi connectivity index (χ2v) is 3.57. The molecule has 0 saturated carbocycles. The maximum absolute atomic E-state index is 11.3. The predicted octanol–water partition coefficient (Wildman–Crippen LogP) is -0.128. The zero-order chi connectivity index (χ0) is 12.0. The first-order chi connectivity index (χ1) is 6.84. The molecule has 6 heteroatoms. The summed E-state index contributed by atoms with van der Waals surface area (Å²) in [4.78, 5) is 23.1. The molecule has 0 rings (SSSR count). The summed E-state index contributed by atoms with van der Waals surface area (Å²) in [7, 11) is 1.55. The van der Waals surface area contributed by atoms with Crippen molar-refractivity contribution >= 4 is 12.0 Å². The number of carboxylic acids is 1. The fraction of sp³-hybridized carbons (Fsp3) is 0.778. The summed E-state index contributed by atoms with van der Waals surface area (Å²) in [5.74, 6) is -1.08. The minimum atomic E-state index is -1.08. The van der Waals surface area contributed by atoms with Crippen molar-refractivity contribution in [2.45, 2.75) is 32.4 Å². The van der Waals surface area contributed by atoms with E-state index in [1.807, 2.05) is 0 Å². The van der Waals surface area contributed by atoms with Crippen molar-refractivity contribution in [1.29, 1.82) is 0 Å². The van der Waals surface area contributed by atoms with Crippen LogP contribution in [0.2, 0.25) is 0 Å². The van der Waals surface area contributed by atoms with Gasteiger partial charge in [0.25, 0.3) is 0 Å². The lowest BCUT2D eigenvalue weighted by atomic mass is 10.3. The van der Waals surface area contributed by atoms with Gasteiger partial charge in [0.05, 0.1) is 6.10 Å². The van der Waals surface area contributed by atoms with Crippen molar-refractivity contribution in [3.63, 3.8) is 0 Å². The number of nitrogens with zero attached hydrogens (tertiary/aromatic N) is 1. The van der Waals surface area contributed by atoms with Crippen LogP contribution in [-0.4, -0.2) is 52.9 Å². The van der Waals surface area contributed by atoms with Crippen LogP contribution in [0.15, 0.2) is 0 Å². The first kappa shape index (κ1) is 13.7. The van der Waals surface area contributed by atoms with Crippen LogP contribution in [0, 0.1) is 0 Å². The molecule has 0 aromatic heterocycles. The maximum atomic E-state index is 11.3. The Labute approximate surface area is 88.9 Å². The Hall–Kier alpha value is -1.30. The molecule has 0 aromatic rings. The van der Waals surface area contributed by atoms with Crippen LogP contribution in [0.3, 0.4) is 0 Å². The molecule has 0 fully saturated rings. The number of rotatable bonds is 5. The van der Waals surface area contributed by atoms with Gasteiger partial charge in [-0.3, -0.25) is 4.79 Å². The molecule has 0 saturated heterocycles. The monoisotopic (exact) mass is 218 g/mol. The number of urea groups is 1. The number of carbonyl (C=O) groups is 2. The Balaban J connectivity index is 3.94. The van der Waals surface area contributed by atoms with E-state index in [9.17, 15) is 9.59 Å². The van der Waals surface area contributed by atoms with Crippen molar-refractivity contribution < 1.29 is 19.8 Å². The molecule has 88 valence electrons. The number of nitrogens with one attached hydrogen (secondary N) is 1. The van der Waals surface area contributed by atoms with Gasteiger partial charge in [-0.2, -0.15) is 0 Å². The Bertz CT molecular complexity index is 230. The van der Waals surface area contributed by atoms with Crippen molar-refractivity contribution in [2.24, 2.45) is 0 Å². The Morgan fingerprint density at radius 3 is 2.33 bits per heavy atom. The molecule has 0 bridgehead atoms. The van der Waals surface area contributed by atoms with Crippen molar-refractivity contribution in [2.75, 3.05) is 13.6 Å². The average Bonchev–Trinajstić information content (AvgIpc) is 2.13. The molecule has 6 nitrogen and oxygen atoms in total. The van der Waals surface area contributed by atoms with E-state index >= 15 is 0 Å². The van der Waals surface area contributed by atoms with E-state index in [1.165, 1.54) is 11.8 Å². The Morgan fingerprint density at radius 2 is 1.93 bits per heavy atom. The first-order valence-electron chi connectivity index (χ1n) is 4.77. The van der Waals surface area contributed by atoms with Gasteiger partial charge in [0.2, 0.25) is 0 Å². The lowest BCUT2D eigenvalue weighted by Gasteiger charge is -2.20. The van der Waals surface area contributed by atoms with E-state index in [1.54, 1.807) is 14.0 Å². The summed E-state index contributed by atoms with van der Waals surface area (Å²) in [5.41, 5.74) is 0. The van der Waals surface area contributed by atoms with Crippen LogP contribution >= 0.6 is 0 Å². The minimum Gasteiger partial charge on any atom is -0.480 e. The van der Waals surface area contributed by atoms with Crippen LogP contribution < -0.4 is 5.32 Å². The molecule has 0 heterocycles. The molecule has 1 unspecified atom stereocenters.